The molecule has 108 valence electrons. The summed E-state index contributed by atoms with van der Waals surface area (Å²) in [5, 5.41) is 3.47. The van der Waals surface area contributed by atoms with Gasteiger partial charge in [0, 0.05) is 0 Å². The summed E-state index contributed by atoms with van der Waals surface area (Å²) in [4.78, 5) is 0. The van der Waals surface area contributed by atoms with Crippen molar-refractivity contribution in [1.82, 2.24) is 5.32 Å². The molecule has 0 radical (unpaired) electrons. The molecule has 1 N–H and O–H groups in total. The third kappa shape index (κ3) is 5.21. The maximum absolute atomic E-state index is 6.01. The molecule has 0 aliphatic rings. The van der Waals surface area contributed by atoms with E-state index in [2.05, 4.69) is 45.1 Å². The molecule has 0 aromatic heterocycles. The van der Waals surface area contributed by atoms with Crippen LogP contribution in [0.5, 0.6) is 5.75 Å². The highest BCUT2D eigenvalue weighted by Crippen LogP contribution is 2.21. The molecule has 0 fully saturated rings. The van der Waals surface area contributed by atoms with Crippen LogP contribution in [0.4, 0.5) is 0 Å². The lowest BCUT2D eigenvalue weighted by molar-refractivity contribution is -0.0306. The van der Waals surface area contributed by atoms with Crippen molar-refractivity contribution in [2.75, 3.05) is 20.3 Å². The van der Waals surface area contributed by atoms with Crippen molar-refractivity contribution in [3.63, 3.8) is 0 Å². The monoisotopic (exact) mass is 265 g/mol. The first kappa shape index (κ1) is 16.0. The van der Waals surface area contributed by atoms with Crippen molar-refractivity contribution in [3.8, 4) is 5.75 Å². The predicted molar refractivity (Wildman–Crippen MR) is 79.7 cm³/mol. The molecule has 0 heterocycles. The van der Waals surface area contributed by atoms with Gasteiger partial charge in [0.25, 0.3) is 0 Å². The highest BCUT2D eigenvalue weighted by Gasteiger charge is 2.19. The zero-order valence-corrected chi connectivity index (χ0v) is 12.8. The van der Waals surface area contributed by atoms with Gasteiger partial charge in [-0.2, -0.15) is 0 Å². The van der Waals surface area contributed by atoms with E-state index in [4.69, 9.17) is 9.47 Å². The largest absolute Gasteiger partial charge is 0.497 e. The Morgan fingerprint density at radius 2 is 1.79 bits per heavy atom. The van der Waals surface area contributed by atoms with E-state index in [0.29, 0.717) is 6.61 Å². The van der Waals surface area contributed by atoms with Crippen LogP contribution in [0.15, 0.2) is 24.3 Å². The standard InChI is InChI=1S/C16H27NO2/c1-6-16(3,4)19-12-15(17-7-2)13-8-10-14(18-5)11-9-13/h8-11,15,17H,6-7,12H2,1-5H3. The van der Waals surface area contributed by atoms with E-state index >= 15 is 0 Å². The molecule has 3 nitrogen and oxygen atoms in total. The molecule has 0 spiro atoms. The fraction of sp³-hybridized carbons (Fsp3) is 0.625. The van der Waals surface area contributed by atoms with Gasteiger partial charge in [-0.1, -0.05) is 26.0 Å². The molecule has 0 saturated heterocycles. The van der Waals surface area contributed by atoms with Crippen LogP contribution in [0.2, 0.25) is 0 Å². The highest BCUT2D eigenvalue weighted by atomic mass is 16.5. The van der Waals surface area contributed by atoms with Crippen LogP contribution in [-0.2, 0) is 4.74 Å². The molecule has 3 heteroatoms. The maximum atomic E-state index is 6.01. The SMILES string of the molecule is CCNC(COC(C)(C)CC)c1ccc(OC)cc1. The van der Waals surface area contributed by atoms with Gasteiger partial charge < -0.3 is 14.8 Å². The lowest BCUT2D eigenvalue weighted by atomic mass is 10.0. The maximum Gasteiger partial charge on any atom is 0.118 e. The van der Waals surface area contributed by atoms with Gasteiger partial charge in [-0.25, -0.2) is 0 Å². The first-order valence-electron chi connectivity index (χ1n) is 7.03. The van der Waals surface area contributed by atoms with Crippen molar-refractivity contribution >= 4 is 0 Å². The summed E-state index contributed by atoms with van der Waals surface area (Å²) in [7, 11) is 1.68. The molecule has 1 unspecified atom stereocenters. The Bertz CT molecular complexity index is 360. The Hall–Kier alpha value is -1.06. The molecular weight excluding hydrogens is 238 g/mol. The first-order valence-corrected chi connectivity index (χ1v) is 7.03. The Balaban J connectivity index is 2.70. The summed E-state index contributed by atoms with van der Waals surface area (Å²) in [6.45, 7) is 10.1. The molecule has 0 aliphatic heterocycles. The zero-order valence-electron chi connectivity index (χ0n) is 12.8. The van der Waals surface area contributed by atoms with E-state index in [0.717, 1.165) is 18.7 Å². The van der Waals surface area contributed by atoms with Gasteiger partial charge in [0.05, 0.1) is 25.4 Å². The van der Waals surface area contributed by atoms with Crippen molar-refractivity contribution in [1.29, 1.82) is 0 Å². The van der Waals surface area contributed by atoms with E-state index in [-0.39, 0.29) is 11.6 Å². The van der Waals surface area contributed by atoms with Crippen LogP contribution in [0.1, 0.15) is 45.7 Å². The van der Waals surface area contributed by atoms with E-state index in [9.17, 15) is 0 Å². The average molecular weight is 265 g/mol. The molecule has 1 aromatic carbocycles. The van der Waals surface area contributed by atoms with Crippen LogP contribution < -0.4 is 10.1 Å². The van der Waals surface area contributed by atoms with Crippen molar-refractivity contribution < 1.29 is 9.47 Å². The van der Waals surface area contributed by atoms with E-state index in [1.165, 1.54) is 5.56 Å². The van der Waals surface area contributed by atoms with Gasteiger partial charge in [-0.15, -0.1) is 0 Å². The highest BCUT2D eigenvalue weighted by molar-refractivity contribution is 5.29. The third-order valence-corrected chi connectivity index (χ3v) is 3.46. The zero-order chi connectivity index (χ0) is 14.3. The number of hydrogen-bond donors (Lipinski definition) is 1. The molecule has 0 aliphatic carbocycles. The molecule has 1 rings (SSSR count). The summed E-state index contributed by atoms with van der Waals surface area (Å²) in [5.74, 6) is 0.883. The van der Waals surface area contributed by atoms with Crippen LogP contribution in [0.3, 0.4) is 0 Å². The first-order chi connectivity index (χ1) is 9.02. The van der Waals surface area contributed by atoms with Crippen LogP contribution in [-0.4, -0.2) is 25.9 Å². The minimum Gasteiger partial charge on any atom is -0.497 e. The summed E-state index contributed by atoms with van der Waals surface area (Å²) in [6.07, 6.45) is 1.01. The van der Waals surface area contributed by atoms with Gasteiger partial charge in [-0.05, 0) is 44.5 Å². The summed E-state index contributed by atoms with van der Waals surface area (Å²) in [5.41, 5.74) is 1.16. The molecule has 0 saturated carbocycles. The number of benzene rings is 1. The van der Waals surface area contributed by atoms with E-state index in [1.807, 2.05) is 12.1 Å². The molecule has 1 aromatic rings. The Morgan fingerprint density at radius 3 is 2.26 bits per heavy atom. The number of methoxy groups -OCH3 is 1. The molecule has 0 amide bonds. The quantitative estimate of drug-likeness (QED) is 0.779. The fourth-order valence-electron chi connectivity index (χ4n) is 1.77. The second kappa shape index (κ2) is 7.51. The normalized spacial score (nSPS) is 13.3. The summed E-state index contributed by atoms with van der Waals surface area (Å²) >= 11 is 0. The van der Waals surface area contributed by atoms with Gasteiger partial charge in [0.2, 0.25) is 0 Å². The van der Waals surface area contributed by atoms with Gasteiger partial charge in [0.1, 0.15) is 5.75 Å². The second-order valence-corrected chi connectivity index (χ2v) is 5.31. The number of ether oxygens (including phenoxy) is 2. The summed E-state index contributed by atoms with van der Waals surface area (Å²) < 4.78 is 11.2. The van der Waals surface area contributed by atoms with E-state index in [1.54, 1.807) is 7.11 Å². The topological polar surface area (TPSA) is 30.5 Å². The van der Waals surface area contributed by atoms with E-state index < -0.39 is 0 Å². The minimum absolute atomic E-state index is 0.0693. The molecule has 0 bridgehead atoms. The predicted octanol–water partition coefficient (Wildman–Crippen LogP) is 3.55. The molecule has 19 heavy (non-hydrogen) atoms. The lowest BCUT2D eigenvalue weighted by Gasteiger charge is -2.27. The Labute approximate surface area is 117 Å². The molecule has 1 atom stereocenters. The smallest absolute Gasteiger partial charge is 0.118 e. The second-order valence-electron chi connectivity index (χ2n) is 5.31. The van der Waals surface area contributed by atoms with Gasteiger partial charge in [-0.3, -0.25) is 0 Å². The third-order valence-electron chi connectivity index (χ3n) is 3.46. The number of likely N-dealkylation sites (N-methyl/N-ethyl adjacent to an activating group) is 1. The fourth-order valence-corrected chi connectivity index (χ4v) is 1.77. The number of nitrogens with one attached hydrogen (secondary N) is 1. The summed E-state index contributed by atoms with van der Waals surface area (Å²) in [6, 6.07) is 8.39. The van der Waals surface area contributed by atoms with Crippen molar-refractivity contribution in [3.05, 3.63) is 29.8 Å². The number of hydrogen-bond acceptors (Lipinski definition) is 3. The van der Waals surface area contributed by atoms with Crippen molar-refractivity contribution in [2.24, 2.45) is 0 Å². The van der Waals surface area contributed by atoms with Gasteiger partial charge in [0.15, 0.2) is 0 Å². The molecular formula is C16H27NO2. The minimum atomic E-state index is -0.0693. The van der Waals surface area contributed by atoms with Gasteiger partial charge >= 0.3 is 0 Å². The Kier molecular flexibility index (Phi) is 6.32. The number of rotatable bonds is 8. The van der Waals surface area contributed by atoms with Crippen LogP contribution in [0, 0.1) is 0 Å². The lowest BCUT2D eigenvalue weighted by Crippen LogP contribution is -2.31. The van der Waals surface area contributed by atoms with Crippen LogP contribution in [0.25, 0.3) is 0 Å². The van der Waals surface area contributed by atoms with Crippen LogP contribution >= 0.6 is 0 Å². The van der Waals surface area contributed by atoms with Crippen molar-refractivity contribution in [2.45, 2.75) is 45.8 Å². The Morgan fingerprint density at radius 1 is 1.16 bits per heavy atom. The average Bonchev–Trinajstić information content (AvgIpc) is 2.43.